The Hall–Kier alpha value is -2.67. The highest BCUT2D eigenvalue weighted by Gasteiger charge is 2.09. The summed E-state index contributed by atoms with van der Waals surface area (Å²) in [6.07, 6.45) is 1.47. The van der Waals surface area contributed by atoms with Crippen molar-refractivity contribution in [2.24, 2.45) is 12.1 Å². The molecule has 0 bridgehead atoms. The molecule has 5 nitrogen and oxygen atoms in total. The van der Waals surface area contributed by atoms with Gasteiger partial charge in [-0.25, -0.2) is 14.8 Å². The molecule has 7 heteroatoms. The zero-order valence-corrected chi connectivity index (χ0v) is 13.8. The van der Waals surface area contributed by atoms with Gasteiger partial charge in [0.05, 0.1) is 23.0 Å². The van der Waals surface area contributed by atoms with E-state index in [0.29, 0.717) is 5.56 Å². The summed E-state index contributed by atoms with van der Waals surface area (Å²) < 4.78 is 14.7. The van der Waals surface area contributed by atoms with Gasteiger partial charge in [-0.1, -0.05) is 36.0 Å². The Balaban J connectivity index is 1.55. The quantitative estimate of drug-likeness (QED) is 0.441. The lowest BCUT2D eigenvalue weighted by Gasteiger charge is -2.01. The van der Waals surface area contributed by atoms with Crippen LogP contribution in [0.3, 0.4) is 0 Å². The number of nitrogens with zero attached hydrogens (tertiary/aromatic N) is 3. The van der Waals surface area contributed by atoms with Crippen molar-refractivity contribution in [2.45, 2.75) is 5.16 Å². The monoisotopic (exact) mass is 342 g/mol. The molecular weight excluding hydrogens is 327 g/mol. The van der Waals surface area contributed by atoms with E-state index in [1.165, 1.54) is 30.1 Å². The SMILES string of the molecule is Cn1c(SCC(=O)NN=Cc2ccc(F)cc2)nc2ccccc21. The number of rotatable bonds is 5. The molecule has 1 heterocycles. The minimum atomic E-state index is -0.310. The normalized spacial score (nSPS) is 11.2. The summed E-state index contributed by atoms with van der Waals surface area (Å²) in [4.78, 5) is 16.3. The molecular formula is C17H15FN4OS. The van der Waals surface area contributed by atoms with Gasteiger partial charge < -0.3 is 4.57 Å². The number of aromatic nitrogens is 2. The fourth-order valence-corrected chi connectivity index (χ4v) is 2.92. The molecule has 2 aromatic carbocycles. The van der Waals surface area contributed by atoms with Crippen LogP contribution in [0.2, 0.25) is 0 Å². The van der Waals surface area contributed by atoms with Crippen molar-refractivity contribution in [3.8, 4) is 0 Å². The van der Waals surface area contributed by atoms with Crippen LogP contribution in [0.25, 0.3) is 11.0 Å². The highest BCUT2D eigenvalue weighted by molar-refractivity contribution is 7.99. The van der Waals surface area contributed by atoms with Crippen LogP contribution >= 0.6 is 11.8 Å². The maximum atomic E-state index is 12.8. The van der Waals surface area contributed by atoms with Crippen molar-refractivity contribution >= 4 is 34.9 Å². The minimum absolute atomic E-state index is 0.206. The second-order valence-electron chi connectivity index (χ2n) is 5.08. The number of thioether (sulfide) groups is 1. The number of para-hydroxylation sites is 2. The maximum absolute atomic E-state index is 12.8. The van der Waals surface area contributed by atoms with E-state index in [9.17, 15) is 9.18 Å². The van der Waals surface area contributed by atoms with Crippen LogP contribution in [0.5, 0.6) is 0 Å². The molecule has 1 N–H and O–H groups in total. The van der Waals surface area contributed by atoms with Gasteiger partial charge in [-0.3, -0.25) is 4.79 Å². The first-order valence-electron chi connectivity index (χ1n) is 7.25. The highest BCUT2D eigenvalue weighted by Crippen LogP contribution is 2.22. The zero-order chi connectivity index (χ0) is 16.9. The van der Waals surface area contributed by atoms with Crippen molar-refractivity contribution in [3.05, 3.63) is 59.9 Å². The first-order valence-corrected chi connectivity index (χ1v) is 8.24. The van der Waals surface area contributed by atoms with E-state index >= 15 is 0 Å². The summed E-state index contributed by atoms with van der Waals surface area (Å²) in [6.45, 7) is 0. The summed E-state index contributed by atoms with van der Waals surface area (Å²) in [5.74, 6) is -0.335. The molecule has 0 aliphatic rings. The Morgan fingerprint density at radius 2 is 2.04 bits per heavy atom. The van der Waals surface area contributed by atoms with Gasteiger partial charge in [0, 0.05) is 7.05 Å². The lowest BCUT2D eigenvalue weighted by Crippen LogP contribution is -2.19. The smallest absolute Gasteiger partial charge is 0.250 e. The number of hydrazone groups is 1. The third kappa shape index (κ3) is 3.80. The molecule has 0 aliphatic heterocycles. The van der Waals surface area contributed by atoms with Crippen LogP contribution in [-0.2, 0) is 11.8 Å². The van der Waals surface area contributed by atoms with Crippen LogP contribution in [0.15, 0.2) is 58.8 Å². The number of fused-ring (bicyclic) bond motifs is 1. The lowest BCUT2D eigenvalue weighted by molar-refractivity contribution is -0.118. The molecule has 0 fully saturated rings. The molecule has 0 radical (unpaired) electrons. The molecule has 0 atom stereocenters. The first kappa shape index (κ1) is 16.2. The van der Waals surface area contributed by atoms with Gasteiger partial charge in [-0.05, 0) is 29.8 Å². The minimum Gasteiger partial charge on any atom is -0.322 e. The number of hydrogen-bond donors (Lipinski definition) is 1. The first-order chi connectivity index (χ1) is 11.6. The van der Waals surface area contributed by atoms with Crippen LogP contribution in [0.4, 0.5) is 4.39 Å². The zero-order valence-electron chi connectivity index (χ0n) is 12.9. The number of carbonyl (C=O) groups is 1. The maximum Gasteiger partial charge on any atom is 0.250 e. The van der Waals surface area contributed by atoms with Crippen molar-refractivity contribution in [1.29, 1.82) is 0 Å². The molecule has 24 heavy (non-hydrogen) atoms. The van der Waals surface area contributed by atoms with Gasteiger partial charge in [-0.15, -0.1) is 0 Å². The predicted molar refractivity (Wildman–Crippen MR) is 93.6 cm³/mol. The number of hydrogen-bond acceptors (Lipinski definition) is 4. The topological polar surface area (TPSA) is 59.3 Å². The molecule has 0 saturated carbocycles. The molecule has 1 amide bonds. The highest BCUT2D eigenvalue weighted by atomic mass is 32.2. The predicted octanol–water partition coefficient (Wildman–Crippen LogP) is 2.95. The number of halogens is 1. The lowest BCUT2D eigenvalue weighted by atomic mass is 10.2. The van der Waals surface area contributed by atoms with Crippen LogP contribution in [-0.4, -0.2) is 27.4 Å². The Morgan fingerprint density at radius 1 is 1.29 bits per heavy atom. The van der Waals surface area contributed by atoms with Gasteiger partial charge >= 0.3 is 0 Å². The van der Waals surface area contributed by atoms with E-state index in [1.54, 1.807) is 12.1 Å². The molecule has 0 saturated heterocycles. The Labute approximate surface area is 142 Å². The Kier molecular flexibility index (Phi) is 4.90. The number of amides is 1. The second-order valence-corrected chi connectivity index (χ2v) is 6.02. The van der Waals surface area contributed by atoms with Crippen molar-refractivity contribution in [1.82, 2.24) is 15.0 Å². The summed E-state index contributed by atoms with van der Waals surface area (Å²) >= 11 is 1.35. The average Bonchev–Trinajstić information content (AvgIpc) is 2.91. The number of imidazole rings is 1. The van der Waals surface area contributed by atoms with Crippen molar-refractivity contribution in [2.75, 3.05) is 5.75 Å². The average molecular weight is 342 g/mol. The van der Waals surface area contributed by atoms with E-state index in [1.807, 2.05) is 35.9 Å². The molecule has 0 aliphatic carbocycles. The van der Waals surface area contributed by atoms with E-state index in [0.717, 1.165) is 16.2 Å². The molecule has 1 aromatic heterocycles. The van der Waals surface area contributed by atoms with Gasteiger partial charge in [0.15, 0.2) is 5.16 Å². The number of aryl methyl sites for hydroxylation is 1. The Morgan fingerprint density at radius 3 is 2.79 bits per heavy atom. The third-order valence-corrected chi connectivity index (χ3v) is 4.38. The van der Waals surface area contributed by atoms with Crippen LogP contribution < -0.4 is 5.43 Å². The second kappa shape index (κ2) is 7.27. The van der Waals surface area contributed by atoms with Crippen molar-refractivity contribution in [3.63, 3.8) is 0 Å². The van der Waals surface area contributed by atoms with E-state index in [-0.39, 0.29) is 17.5 Å². The third-order valence-electron chi connectivity index (χ3n) is 3.35. The number of carbonyl (C=O) groups excluding carboxylic acids is 1. The molecule has 0 spiro atoms. The fourth-order valence-electron chi connectivity index (χ4n) is 2.14. The van der Waals surface area contributed by atoms with E-state index < -0.39 is 0 Å². The molecule has 3 rings (SSSR count). The summed E-state index contributed by atoms with van der Waals surface area (Å²) in [5.41, 5.74) is 5.08. The molecule has 122 valence electrons. The van der Waals surface area contributed by atoms with Crippen molar-refractivity contribution < 1.29 is 9.18 Å². The van der Waals surface area contributed by atoms with Gasteiger partial charge in [-0.2, -0.15) is 5.10 Å². The molecule has 3 aromatic rings. The largest absolute Gasteiger partial charge is 0.322 e. The van der Waals surface area contributed by atoms with Gasteiger partial charge in [0.1, 0.15) is 5.82 Å². The summed E-state index contributed by atoms with van der Waals surface area (Å²) in [7, 11) is 1.92. The standard InChI is InChI=1S/C17H15FN4OS/c1-22-15-5-3-2-4-14(15)20-17(22)24-11-16(23)21-19-10-12-6-8-13(18)9-7-12/h2-10H,11H2,1H3,(H,21,23). The van der Waals surface area contributed by atoms with Gasteiger partial charge in [0.25, 0.3) is 5.91 Å². The summed E-state index contributed by atoms with van der Waals surface area (Å²) in [6, 6.07) is 13.6. The number of benzene rings is 2. The fraction of sp³-hybridized carbons (Fsp3) is 0.118. The molecule has 0 unspecified atom stereocenters. The van der Waals surface area contributed by atoms with E-state index in [4.69, 9.17) is 0 Å². The Bertz CT molecular complexity index is 889. The number of nitrogens with one attached hydrogen (secondary N) is 1. The summed E-state index contributed by atoms with van der Waals surface area (Å²) in [5, 5.41) is 4.63. The van der Waals surface area contributed by atoms with Crippen LogP contribution in [0.1, 0.15) is 5.56 Å². The van der Waals surface area contributed by atoms with Gasteiger partial charge in [0.2, 0.25) is 0 Å². The van der Waals surface area contributed by atoms with E-state index in [2.05, 4.69) is 15.5 Å². The van der Waals surface area contributed by atoms with Crippen LogP contribution in [0, 0.1) is 5.82 Å².